The standard InChI is InChI=1S/BF4.BH3/c2-1(3,4)5;/h;1H3/q-1;. The van der Waals surface area contributed by atoms with Crippen LogP contribution < -0.4 is 0 Å². The van der Waals surface area contributed by atoms with Crippen LogP contribution in [0.15, 0.2) is 0 Å². The van der Waals surface area contributed by atoms with E-state index in [1.807, 2.05) is 0 Å². The molecule has 0 aliphatic carbocycles. The molecule has 0 atom stereocenters. The van der Waals surface area contributed by atoms with Crippen molar-refractivity contribution in [2.45, 2.75) is 0 Å². The number of hydrogen-bond donors (Lipinski definition) is 0. The van der Waals surface area contributed by atoms with Crippen LogP contribution in [-0.2, 0) is 0 Å². The molecule has 0 unspecified atom stereocenters. The number of hydrogen-bond acceptors (Lipinski definition) is 0. The molecule has 6 heavy (non-hydrogen) atoms. The second-order valence-corrected chi connectivity index (χ2v) is 0.495. The van der Waals surface area contributed by atoms with E-state index in [0.717, 1.165) is 0 Å². The zero-order chi connectivity index (χ0) is 4.50. The van der Waals surface area contributed by atoms with E-state index in [2.05, 4.69) is 0 Å². The summed E-state index contributed by atoms with van der Waals surface area (Å²) >= 11 is 0. The fourth-order valence-corrected chi connectivity index (χ4v) is 0. The van der Waals surface area contributed by atoms with Crippen LogP contribution in [0.3, 0.4) is 0 Å². The summed E-state index contributed by atoms with van der Waals surface area (Å²) in [6.07, 6.45) is 0. The van der Waals surface area contributed by atoms with Crippen molar-refractivity contribution in [1.82, 2.24) is 0 Å². The van der Waals surface area contributed by atoms with Crippen molar-refractivity contribution in [3.63, 3.8) is 0 Å². The normalized spacial score (nSPS) is 10.0. The van der Waals surface area contributed by atoms with Gasteiger partial charge in [0.2, 0.25) is 0 Å². The van der Waals surface area contributed by atoms with Gasteiger partial charge in [-0.15, -0.1) is 0 Å². The highest BCUT2D eigenvalue weighted by Gasteiger charge is 2.20. The predicted molar refractivity (Wildman–Crippen MR) is 20.1 cm³/mol. The minimum absolute atomic E-state index is 0. The van der Waals surface area contributed by atoms with Gasteiger partial charge < -0.3 is 17.3 Å². The molecule has 38 valence electrons. The molecule has 6 heteroatoms. The van der Waals surface area contributed by atoms with Crippen molar-refractivity contribution in [2.24, 2.45) is 0 Å². The van der Waals surface area contributed by atoms with Crippen LogP contribution in [0.2, 0.25) is 0 Å². The maximum atomic E-state index is 9.75. The predicted octanol–water partition coefficient (Wildman–Crippen LogP) is 0.116. The highest BCUT2D eigenvalue weighted by Crippen LogP contribution is 2.06. The largest absolute Gasteiger partial charge is 0.673 e. The minimum Gasteiger partial charge on any atom is -0.418 e. The van der Waals surface area contributed by atoms with Gasteiger partial charge in [0, 0.05) is 0 Å². The summed E-state index contributed by atoms with van der Waals surface area (Å²) in [5, 5.41) is 0. The fourth-order valence-electron chi connectivity index (χ4n) is 0. The molecule has 0 aliphatic heterocycles. The molecule has 0 heterocycles. The van der Waals surface area contributed by atoms with Crippen LogP contribution in [0.25, 0.3) is 0 Å². The Hall–Kier alpha value is -0.150. The van der Waals surface area contributed by atoms with Crippen LogP contribution in [0.1, 0.15) is 0 Å². The molecule has 0 saturated heterocycles. The fraction of sp³-hybridized carbons (Fsp3) is 0. The topological polar surface area (TPSA) is 0 Å². The van der Waals surface area contributed by atoms with E-state index in [9.17, 15) is 17.3 Å². The van der Waals surface area contributed by atoms with Gasteiger partial charge in [-0.05, 0) is 0 Å². The van der Waals surface area contributed by atoms with E-state index in [0.29, 0.717) is 0 Å². The van der Waals surface area contributed by atoms with Crippen molar-refractivity contribution in [1.29, 1.82) is 0 Å². The maximum Gasteiger partial charge on any atom is 0.673 e. The zero-order valence-corrected chi connectivity index (χ0v) is 2.09. The molecule has 0 saturated carbocycles. The second kappa shape index (κ2) is 2.10. The van der Waals surface area contributed by atoms with Gasteiger partial charge >= 0.3 is 7.25 Å². The lowest BCUT2D eigenvalue weighted by Crippen LogP contribution is -2.02. The molecule has 0 amide bonds. The van der Waals surface area contributed by atoms with Crippen molar-refractivity contribution >= 4 is 15.7 Å². The van der Waals surface area contributed by atoms with Crippen LogP contribution in [-0.4, -0.2) is 15.7 Å². The van der Waals surface area contributed by atoms with Gasteiger partial charge in [0.15, 0.2) is 0 Å². The third-order valence-electron chi connectivity index (χ3n) is 0. The summed E-state index contributed by atoms with van der Waals surface area (Å²) in [5.41, 5.74) is 0. The van der Waals surface area contributed by atoms with Crippen molar-refractivity contribution in [2.75, 3.05) is 0 Å². The van der Waals surface area contributed by atoms with Crippen LogP contribution >= 0.6 is 0 Å². The van der Waals surface area contributed by atoms with Crippen LogP contribution in [0.4, 0.5) is 17.3 Å². The molecule has 0 aromatic rings. The van der Waals surface area contributed by atoms with Crippen LogP contribution in [0, 0.1) is 0 Å². The van der Waals surface area contributed by atoms with E-state index < -0.39 is 7.25 Å². The monoisotopic (exact) mass is 101 g/mol. The van der Waals surface area contributed by atoms with E-state index in [1.165, 1.54) is 0 Å². The van der Waals surface area contributed by atoms with Gasteiger partial charge in [-0.1, -0.05) is 0 Å². The average Bonchev–Trinajstić information content (AvgIpc) is 0.722. The lowest BCUT2D eigenvalue weighted by Gasteiger charge is -1.94. The van der Waals surface area contributed by atoms with Crippen molar-refractivity contribution in [3.05, 3.63) is 0 Å². The van der Waals surface area contributed by atoms with Crippen molar-refractivity contribution < 1.29 is 17.3 Å². The van der Waals surface area contributed by atoms with Crippen molar-refractivity contribution in [3.8, 4) is 0 Å². The molecule has 0 N–H and O–H groups in total. The highest BCUT2D eigenvalue weighted by atomic mass is 19.5. The molecule has 0 fully saturated rings. The Kier molecular flexibility index (Phi) is 3.25. The summed E-state index contributed by atoms with van der Waals surface area (Å²) in [6, 6.07) is 0. The first-order valence-electron chi connectivity index (χ1n) is 0.873. The summed E-state index contributed by atoms with van der Waals surface area (Å²) in [7, 11) is -6.00. The van der Waals surface area contributed by atoms with E-state index >= 15 is 0 Å². The maximum absolute atomic E-state index is 9.75. The van der Waals surface area contributed by atoms with Crippen LogP contribution in [0.5, 0.6) is 0 Å². The molecule has 0 nitrogen and oxygen atoms in total. The smallest absolute Gasteiger partial charge is 0.418 e. The van der Waals surface area contributed by atoms with E-state index in [4.69, 9.17) is 0 Å². The Balaban J connectivity index is 0. The summed E-state index contributed by atoms with van der Waals surface area (Å²) < 4.78 is 39.0. The Morgan fingerprint density at radius 3 is 0.833 bits per heavy atom. The van der Waals surface area contributed by atoms with Gasteiger partial charge in [0.25, 0.3) is 0 Å². The highest BCUT2D eigenvalue weighted by molar-refractivity contribution is 6.50. The lowest BCUT2D eigenvalue weighted by atomic mass is 10.3. The minimum atomic E-state index is -6.00. The molecule has 0 bridgehead atoms. The summed E-state index contributed by atoms with van der Waals surface area (Å²) in [5.74, 6) is 0. The number of halogens is 4. The van der Waals surface area contributed by atoms with Gasteiger partial charge in [-0.25, -0.2) is 0 Å². The Labute approximate surface area is 34.2 Å². The summed E-state index contributed by atoms with van der Waals surface area (Å²) in [6.45, 7) is 0. The van der Waals surface area contributed by atoms with Gasteiger partial charge in [-0.3, -0.25) is 0 Å². The summed E-state index contributed by atoms with van der Waals surface area (Å²) in [4.78, 5) is 0. The lowest BCUT2D eigenvalue weighted by molar-refractivity contribution is 0.368. The SMILES string of the molecule is B.F[B-](F)(F)F. The molecule has 0 aliphatic rings. The Morgan fingerprint density at radius 2 is 0.833 bits per heavy atom. The average molecular weight is 101 g/mol. The van der Waals surface area contributed by atoms with E-state index in [-0.39, 0.29) is 8.41 Å². The molecule has 0 spiro atoms. The Morgan fingerprint density at radius 1 is 0.833 bits per heavy atom. The quantitative estimate of drug-likeness (QED) is 0.300. The van der Waals surface area contributed by atoms with Gasteiger partial charge in [0.05, 0.1) is 8.41 Å². The van der Waals surface area contributed by atoms with E-state index in [1.54, 1.807) is 0 Å². The first-order chi connectivity index (χ1) is 2.00. The first-order valence-corrected chi connectivity index (χ1v) is 0.873. The molecule has 0 rings (SSSR count). The van der Waals surface area contributed by atoms with Gasteiger partial charge in [-0.2, -0.15) is 0 Å². The molecule has 0 aromatic carbocycles. The first kappa shape index (κ1) is 9.28. The number of rotatable bonds is 0. The third kappa shape index (κ3) is 1390. The van der Waals surface area contributed by atoms with Gasteiger partial charge in [0.1, 0.15) is 0 Å². The molecule has 0 radical (unpaired) electrons. The zero-order valence-electron chi connectivity index (χ0n) is 2.09. The second-order valence-electron chi connectivity index (χ2n) is 0.495. The molecular formula is H3B2F4-. The Bertz CT molecular complexity index is 21.0. The molecular weight excluding hydrogens is 97.6 g/mol. The third-order valence-corrected chi connectivity index (χ3v) is 0. The molecule has 0 aromatic heterocycles.